The van der Waals surface area contributed by atoms with Gasteiger partial charge in [0.05, 0.1) is 26.1 Å². The van der Waals surface area contributed by atoms with Crippen LogP contribution in [0.15, 0.2) is 0 Å². The van der Waals surface area contributed by atoms with E-state index >= 15 is 0 Å². The van der Waals surface area contributed by atoms with Crippen LogP contribution in [0.5, 0.6) is 0 Å². The Balaban J connectivity index is 3.38. The average molecular weight is 250 g/mol. The van der Waals surface area contributed by atoms with Crippen molar-refractivity contribution in [1.82, 2.24) is 0 Å². The third-order valence-corrected chi connectivity index (χ3v) is 1.81. The molecule has 0 heterocycles. The molecule has 0 bridgehead atoms. The Hall–Kier alpha value is -1.18. The van der Waals surface area contributed by atoms with Crippen LogP contribution in [0.4, 0.5) is 0 Å². The summed E-state index contributed by atoms with van der Waals surface area (Å²) in [5.74, 6) is -1.58. The molecule has 0 atom stereocenters. The van der Waals surface area contributed by atoms with Crippen LogP contribution >= 0.6 is 0 Å². The molecule has 0 aromatic rings. The molecule has 1 N–H and O–H groups in total. The van der Waals surface area contributed by atoms with Crippen LogP contribution in [0.3, 0.4) is 0 Å². The molecule has 0 aliphatic heterocycles. The molecule has 0 spiro atoms. The molecule has 0 amide bonds. The van der Waals surface area contributed by atoms with Gasteiger partial charge >= 0.3 is 11.9 Å². The topological polar surface area (TPSA) is 91.3 Å². The number of carboxylic acid groups (broad SMARTS) is 1. The van der Waals surface area contributed by atoms with Gasteiger partial charge in [0.1, 0.15) is 6.61 Å². The summed E-state index contributed by atoms with van der Waals surface area (Å²) < 4.78 is 19.6. The molecule has 0 aromatic carbocycles. The molecule has 0 unspecified atom stereocenters. The van der Waals surface area contributed by atoms with Gasteiger partial charge in [0, 0.05) is 14.2 Å². The largest absolute Gasteiger partial charge is 0.481 e. The zero-order valence-electron chi connectivity index (χ0n) is 10.0. The first-order valence-corrected chi connectivity index (χ1v) is 5.11. The number of carboxylic acids is 1. The number of hydrogen-bond donors (Lipinski definition) is 1. The lowest BCUT2D eigenvalue weighted by molar-refractivity contribution is -0.154. The summed E-state index contributed by atoms with van der Waals surface area (Å²) in [5.41, 5.74) is 0. The number of carbonyl (C=O) groups is 2. The van der Waals surface area contributed by atoms with Gasteiger partial charge in [-0.3, -0.25) is 9.59 Å². The highest BCUT2D eigenvalue weighted by atomic mass is 16.7. The number of esters is 1. The fourth-order valence-electron chi connectivity index (χ4n) is 0.907. The molecular weight excluding hydrogens is 232 g/mol. The van der Waals surface area contributed by atoms with Crippen LogP contribution in [0.2, 0.25) is 0 Å². The van der Waals surface area contributed by atoms with Crippen molar-refractivity contribution in [2.75, 3.05) is 34.0 Å². The molecule has 0 rings (SSSR count). The van der Waals surface area contributed by atoms with Crippen LogP contribution in [-0.4, -0.2) is 57.4 Å². The van der Waals surface area contributed by atoms with E-state index in [-0.39, 0.29) is 32.7 Å². The number of rotatable bonds is 10. The van der Waals surface area contributed by atoms with E-state index in [1.54, 1.807) is 0 Å². The van der Waals surface area contributed by atoms with E-state index in [1.165, 1.54) is 14.2 Å². The molecule has 0 aliphatic rings. The predicted octanol–water partition coefficient (Wildman–Crippen LogP) is 0.0299. The summed E-state index contributed by atoms with van der Waals surface area (Å²) >= 11 is 0. The summed E-state index contributed by atoms with van der Waals surface area (Å²) in [6.45, 7) is 0.528. The lowest BCUT2D eigenvalue weighted by Gasteiger charge is -2.13. The standard InChI is InChI=1S/C10H18O7/c1-14-10(15-2)7-16-5-6-17-9(13)4-3-8(11)12/h10H,3-7H2,1-2H3,(H,11,12). The summed E-state index contributed by atoms with van der Waals surface area (Å²) in [7, 11) is 2.98. The van der Waals surface area contributed by atoms with Gasteiger partial charge in [-0.1, -0.05) is 0 Å². The van der Waals surface area contributed by atoms with Crippen molar-refractivity contribution in [3.05, 3.63) is 0 Å². The second-order valence-electron chi connectivity index (χ2n) is 3.09. The lowest BCUT2D eigenvalue weighted by Crippen LogP contribution is -2.22. The minimum absolute atomic E-state index is 0.0819. The molecular formula is C10H18O7. The normalized spacial score (nSPS) is 10.5. The van der Waals surface area contributed by atoms with Gasteiger partial charge in [-0.05, 0) is 0 Å². The van der Waals surface area contributed by atoms with Gasteiger partial charge < -0.3 is 24.1 Å². The first-order chi connectivity index (χ1) is 8.10. The van der Waals surface area contributed by atoms with Crippen LogP contribution < -0.4 is 0 Å². The van der Waals surface area contributed by atoms with Gasteiger partial charge in [0.25, 0.3) is 0 Å². The SMILES string of the molecule is COC(COCCOC(=O)CCC(=O)O)OC. The first kappa shape index (κ1) is 15.8. The summed E-state index contributed by atoms with van der Waals surface area (Å²) in [6, 6.07) is 0. The molecule has 0 saturated carbocycles. The molecule has 0 saturated heterocycles. The van der Waals surface area contributed by atoms with Gasteiger partial charge in [0.2, 0.25) is 0 Å². The van der Waals surface area contributed by atoms with Gasteiger partial charge in [-0.15, -0.1) is 0 Å². The van der Waals surface area contributed by atoms with Crippen LogP contribution in [0, 0.1) is 0 Å². The maximum absolute atomic E-state index is 11.0. The molecule has 7 nitrogen and oxygen atoms in total. The Morgan fingerprint density at radius 1 is 1.12 bits per heavy atom. The second-order valence-corrected chi connectivity index (χ2v) is 3.09. The van der Waals surface area contributed by atoms with Gasteiger partial charge in [0.15, 0.2) is 6.29 Å². The van der Waals surface area contributed by atoms with Crippen molar-refractivity contribution in [3.8, 4) is 0 Å². The Morgan fingerprint density at radius 3 is 2.29 bits per heavy atom. The average Bonchev–Trinajstić information content (AvgIpc) is 2.31. The van der Waals surface area contributed by atoms with Crippen LogP contribution in [0.25, 0.3) is 0 Å². The Kier molecular flexibility index (Phi) is 9.31. The number of carbonyl (C=O) groups excluding carboxylic acids is 1. The minimum atomic E-state index is -1.03. The highest BCUT2D eigenvalue weighted by Crippen LogP contribution is 1.94. The third kappa shape index (κ3) is 9.73. The van der Waals surface area contributed by atoms with Crippen molar-refractivity contribution in [2.24, 2.45) is 0 Å². The first-order valence-electron chi connectivity index (χ1n) is 5.11. The number of hydrogen-bond acceptors (Lipinski definition) is 6. The highest BCUT2D eigenvalue weighted by Gasteiger charge is 2.07. The monoisotopic (exact) mass is 250 g/mol. The van der Waals surface area contributed by atoms with E-state index < -0.39 is 18.2 Å². The Morgan fingerprint density at radius 2 is 1.76 bits per heavy atom. The highest BCUT2D eigenvalue weighted by molar-refractivity contribution is 5.76. The molecule has 0 aliphatic carbocycles. The number of ether oxygens (including phenoxy) is 4. The maximum Gasteiger partial charge on any atom is 0.306 e. The van der Waals surface area contributed by atoms with Crippen LogP contribution in [0.1, 0.15) is 12.8 Å². The molecule has 17 heavy (non-hydrogen) atoms. The van der Waals surface area contributed by atoms with Crippen molar-refractivity contribution in [3.63, 3.8) is 0 Å². The molecule has 0 fully saturated rings. The van der Waals surface area contributed by atoms with E-state index in [0.717, 1.165) is 0 Å². The quantitative estimate of drug-likeness (QED) is 0.332. The smallest absolute Gasteiger partial charge is 0.306 e. The van der Waals surface area contributed by atoms with Gasteiger partial charge in [-0.25, -0.2) is 0 Å². The Bertz CT molecular complexity index is 225. The van der Waals surface area contributed by atoms with E-state index in [9.17, 15) is 9.59 Å². The number of aliphatic carboxylic acids is 1. The fraction of sp³-hybridized carbons (Fsp3) is 0.800. The molecule has 100 valence electrons. The predicted molar refractivity (Wildman–Crippen MR) is 56.5 cm³/mol. The van der Waals surface area contributed by atoms with Crippen molar-refractivity contribution in [2.45, 2.75) is 19.1 Å². The summed E-state index contributed by atoms with van der Waals surface area (Å²) in [6.07, 6.45) is -0.804. The fourth-order valence-corrected chi connectivity index (χ4v) is 0.907. The Labute approximate surface area is 99.6 Å². The van der Waals surface area contributed by atoms with Gasteiger partial charge in [-0.2, -0.15) is 0 Å². The molecule has 0 aromatic heterocycles. The van der Waals surface area contributed by atoms with Crippen molar-refractivity contribution < 1.29 is 33.6 Å². The lowest BCUT2D eigenvalue weighted by atomic mass is 10.3. The van der Waals surface area contributed by atoms with E-state index in [1.807, 2.05) is 0 Å². The van der Waals surface area contributed by atoms with E-state index in [4.69, 9.17) is 24.1 Å². The summed E-state index contributed by atoms with van der Waals surface area (Å²) in [5, 5.41) is 8.33. The van der Waals surface area contributed by atoms with Crippen LogP contribution in [-0.2, 0) is 28.5 Å². The van der Waals surface area contributed by atoms with E-state index in [0.29, 0.717) is 0 Å². The summed E-state index contributed by atoms with van der Waals surface area (Å²) in [4.78, 5) is 21.1. The maximum atomic E-state index is 11.0. The third-order valence-electron chi connectivity index (χ3n) is 1.81. The molecule has 7 heteroatoms. The second kappa shape index (κ2) is 10.0. The number of methoxy groups -OCH3 is 2. The molecule has 0 radical (unpaired) electrons. The van der Waals surface area contributed by atoms with E-state index in [2.05, 4.69) is 0 Å². The minimum Gasteiger partial charge on any atom is -0.481 e. The zero-order chi connectivity index (χ0) is 13.1. The van der Waals surface area contributed by atoms with Crippen molar-refractivity contribution >= 4 is 11.9 Å². The van der Waals surface area contributed by atoms with Crippen molar-refractivity contribution in [1.29, 1.82) is 0 Å². The zero-order valence-corrected chi connectivity index (χ0v) is 10.0.